The molecular weight excluding hydrogens is 446 g/mol. The van der Waals surface area contributed by atoms with Crippen LogP contribution < -0.4 is 10.3 Å². The van der Waals surface area contributed by atoms with E-state index in [4.69, 9.17) is 16.3 Å². The predicted octanol–water partition coefficient (Wildman–Crippen LogP) is 4.81. The Bertz CT molecular complexity index is 1390. The van der Waals surface area contributed by atoms with Crippen LogP contribution in [0.3, 0.4) is 0 Å². The van der Waals surface area contributed by atoms with Gasteiger partial charge in [0.05, 0.1) is 23.0 Å². The molecule has 0 atom stereocenters. The highest BCUT2D eigenvalue weighted by molar-refractivity contribution is 7.98. The van der Waals surface area contributed by atoms with Crippen LogP contribution in [0.5, 0.6) is 5.88 Å². The average molecular weight is 461 g/mol. The highest BCUT2D eigenvalue weighted by Crippen LogP contribution is 2.35. The molecule has 0 amide bonds. The lowest BCUT2D eigenvalue weighted by atomic mass is 10.0. The summed E-state index contributed by atoms with van der Waals surface area (Å²) < 4.78 is 36.6. The van der Waals surface area contributed by atoms with Crippen molar-refractivity contribution < 1.29 is 13.5 Å². The maximum Gasteiger partial charge on any atom is 0.266 e. The van der Waals surface area contributed by atoms with Gasteiger partial charge < -0.3 is 4.74 Å². The lowest BCUT2D eigenvalue weighted by molar-refractivity contribution is 0.399. The van der Waals surface area contributed by atoms with Gasteiger partial charge in [-0.3, -0.25) is 9.36 Å². The molecule has 0 bridgehead atoms. The van der Waals surface area contributed by atoms with Gasteiger partial charge in [0.2, 0.25) is 5.88 Å². The Hall–Kier alpha value is -3.04. The summed E-state index contributed by atoms with van der Waals surface area (Å²) in [5.74, 6) is -1.75. The molecule has 10 heteroatoms. The predicted molar refractivity (Wildman–Crippen MR) is 116 cm³/mol. The summed E-state index contributed by atoms with van der Waals surface area (Å²) in [6.45, 7) is 1.71. The number of hydrogen-bond donors (Lipinski definition) is 0. The fraction of sp³-hybridized carbons (Fsp3) is 0.143. The first-order chi connectivity index (χ1) is 14.8. The Morgan fingerprint density at radius 2 is 1.94 bits per heavy atom. The molecule has 3 aromatic heterocycles. The van der Waals surface area contributed by atoms with Gasteiger partial charge in [0, 0.05) is 29.7 Å². The number of thioether (sulfide) groups is 1. The van der Waals surface area contributed by atoms with E-state index in [9.17, 15) is 9.18 Å². The Kier molecular flexibility index (Phi) is 5.63. The third-order valence-electron chi connectivity index (χ3n) is 4.70. The smallest absolute Gasteiger partial charge is 0.266 e. The van der Waals surface area contributed by atoms with Crippen molar-refractivity contribution in [2.24, 2.45) is 0 Å². The van der Waals surface area contributed by atoms with E-state index in [0.717, 1.165) is 10.6 Å². The summed E-state index contributed by atoms with van der Waals surface area (Å²) in [5.41, 5.74) is 0.0498. The van der Waals surface area contributed by atoms with Gasteiger partial charge >= 0.3 is 0 Å². The molecule has 1 aromatic carbocycles. The second-order valence-corrected chi connectivity index (χ2v) is 7.78. The van der Waals surface area contributed by atoms with Crippen LogP contribution in [0, 0.1) is 18.6 Å². The van der Waals surface area contributed by atoms with Gasteiger partial charge in [-0.05, 0) is 36.9 Å². The van der Waals surface area contributed by atoms with Crippen molar-refractivity contribution in [3.63, 3.8) is 0 Å². The monoisotopic (exact) mass is 460 g/mol. The molecule has 0 fully saturated rings. The zero-order valence-corrected chi connectivity index (χ0v) is 18.2. The molecule has 6 nitrogen and oxygen atoms in total. The second-order valence-electron chi connectivity index (χ2n) is 6.57. The van der Waals surface area contributed by atoms with E-state index < -0.39 is 22.9 Å². The summed E-state index contributed by atoms with van der Waals surface area (Å²) in [4.78, 5) is 25.6. The van der Waals surface area contributed by atoms with E-state index in [-0.39, 0.29) is 27.4 Å². The van der Waals surface area contributed by atoms with Crippen LogP contribution in [0.2, 0.25) is 5.02 Å². The number of halogens is 3. The summed E-state index contributed by atoms with van der Waals surface area (Å²) in [7, 11) is 1.38. The van der Waals surface area contributed by atoms with E-state index >= 15 is 4.39 Å². The minimum Gasteiger partial charge on any atom is -0.481 e. The average Bonchev–Trinajstić information content (AvgIpc) is 2.76. The molecule has 0 saturated heterocycles. The van der Waals surface area contributed by atoms with Gasteiger partial charge in [-0.2, -0.15) is 0 Å². The SMILES string of the molecule is COc1ncc(Cl)cc1-c1ccc(F)c(-n2cc(C)c3nc(SC)ncc3c2=O)c1F. The van der Waals surface area contributed by atoms with Crippen molar-refractivity contribution in [2.75, 3.05) is 13.4 Å². The highest BCUT2D eigenvalue weighted by atomic mass is 35.5. The first-order valence-corrected chi connectivity index (χ1v) is 10.6. The first kappa shape index (κ1) is 21.2. The van der Waals surface area contributed by atoms with Gasteiger partial charge in [-0.25, -0.2) is 23.7 Å². The fourth-order valence-corrected chi connectivity index (χ4v) is 3.78. The van der Waals surface area contributed by atoms with Gasteiger partial charge in [0.15, 0.2) is 11.0 Å². The zero-order valence-electron chi connectivity index (χ0n) is 16.6. The van der Waals surface area contributed by atoms with E-state index in [2.05, 4.69) is 15.0 Å². The number of rotatable bonds is 4. The van der Waals surface area contributed by atoms with E-state index in [1.165, 1.54) is 49.6 Å². The Labute approximate surface area is 184 Å². The molecule has 158 valence electrons. The zero-order chi connectivity index (χ0) is 22.3. The number of pyridine rings is 2. The maximum absolute atomic E-state index is 15.6. The van der Waals surface area contributed by atoms with Crippen molar-refractivity contribution in [3.8, 4) is 22.7 Å². The largest absolute Gasteiger partial charge is 0.481 e. The maximum atomic E-state index is 15.6. The quantitative estimate of drug-likeness (QED) is 0.321. The Morgan fingerprint density at radius 3 is 2.65 bits per heavy atom. The second kappa shape index (κ2) is 8.24. The van der Waals surface area contributed by atoms with E-state index in [1.807, 2.05) is 6.26 Å². The van der Waals surface area contributed by atoms with Crippen LogP contribution in [-0.4, -0.2) is 32.9 Å². The summed E-state index contributed by atoms with van der Waals surface area (Å²) >= 11 is 7.34. The molecule has 0 radical (unpaired) electrons. The van der Waals surface area contributed by atoms with Crippen LogP contribution >= 0.6 is 23.4 Å². The van der Waals surface area contributed by atoms with Gasteiger partial charge in [-0.1, -0.05) is 23.4 Å². The van der Waals surface area contributed by atoms with Crippen molar-refractivity contribution in [3.05, 3.63) is 69.4 Å². The minimum absolute atomic E-state index is 0.0121. The van der Waals surface area contributed by atoms with Crippen LogP contribution in [0.15, 0.2) is 46.7 Å². The van der Waals surface area contributed by atoms with Crippen LogP contribution in [0.1, 0.15) is 5.56 Å². The number of fused-ring (bicyclic) bond motifs is 1. The third kappa shape index (κ3) is 3.64. The molecule has 0 N–H and O–H groups in total. The number of hydrogen-bond acceptors (Lipinski definition) is 6. The summed E-state index contributed by atoms with van der Waals surface area (Å²) in [6, 6.07) is 3.78. The molecule has 4 rings (SSSR count). The normalized spacial score (nSPS) is 11.2. The number of nitrogens with zero attached hydrogens (tertiary/aromatic N) is 4. The molecular formula is C21H15ClF2N4O2S. The van der Waals surface area contributed by atoms with E-state index in [1.54, 1.807) is 6.92 Å². The van der Waals surface area contributed by atoms with Gasteiger partial charge in [-0.15, -0.1) is 0 Å². The minimum atomic E-state index is -0.954. The highest BCUT2D eigenvalue weighted by Gasteiger charge is 2.22. The Morgan fingerprint density at radius 1 is 1.16 bits per heavy atom. The molecule has 31 heavy (non-hydrogen) atoms. The summed E-state index contributed by atoms with van der Waals surface area (Å²) in [6.07, 6.45) is 5.89. The van der Waals surface area contributed by atoms with Gasteiger partial charge in [0.1, 0.15) is 11.5 Å². The third-order valence-corrected chi connectivity index (χ3v) is 5.47. The molecule has 0 saturated carbocycles. The van der Waals surface area contributed by atoms with Crippen LogP contribution in [0.4, 0.5) is 8.78 Å². The number of benzene rings is 1. The van der Waals surface area contributed by atoms with Crippen LogP contribution in [-0.2, 0) is 0 Å². The number of methoxy groups -OCH3 is 1. The number of aryl methyl sites for hydroxylation is 1. The number of ether oxygens (including phenoxy) is 1. The van der Waals surface area contributed by atoms with Crippen LogP contribution in [0.25, 0.3) is 27.7 Å². The molecule has 0 spiro atoms. The summed E-state index contributed by atoms with van der Waals surface area (Å²) in [5, 5.41) is 0.901. The van der Waals surface area contributed by atoms with Crippen molar-refractivity contribution in [1.29, 1.82) is 0 Å². The lowest BCUT2D eigenvalue weighted by Gasteiger charge is -2.15. The van der Waals surface area contributed by atoms with Crippen molar-refractivity contribution in [2.45, 2.75) is 12.1 Å². The lowest BCUT2D eigenvalue weighted by Crippen LogP contribution is -2.22. The molecule has 0 aliphatic carbocycles. The molecule has 0 aliphatic heterocycles. The molecule has 4 aromatic rings. The first-order valence-electron chi connectivity index (χ1n) is 8.97. The molecule has 3 heterocycles. The van der Waals surface area contributed by atoms with Gasteiger partial charge in [0.25, 0.3) is 5.56 Å². The molecule has 0 unspecified atom stereocenters. The molecule has 0 aliphatic rings. The van der Waals surface area contributed by atoms with Crippen molar-refractivity contribution in [1.82, 2.24) is 19.5 Å². The Balaban J connectivity index is 2.01. The number of aromatic nitrogens is 4. The topological polar surface area (TPSA) is 69.9 Å². The standard InChI is InChI=1S/C21H15ClF2N4O2S/c1-10-9-28(20(29)14-8-26-21(31-3)27-17(10)14)18-15(23)5-4-12(16(18)24)13-6-11(22)7-25-19(13)30-2/h4-9H,1-3H3. The fourth-order valence-electron chi connectivity index (χ4n) is 3.28. The van der Waals surface area contributed by atoms with E-state index in [0.29, 0.717) is 16.2 Å². The van der Waals surface area contributed by atoms with Crippen molar-refractivity contribution >= 4 is 34.3 Å².